The number of aliphatic hydroxyl groups excluding tert-OH is 1. The van der Waals surface area contributed by atoms with Crippen molar-refractivity contribution >= 4 is 28.8 Å². The summed E-state index contributed by atoms with van der Waals surface area (Å²) < 4.78 is 5.79. The molecule has 1 atom stereocenters. The quantitative estimate of drug-likeness (QED) is 0.226. The first-order valence-electron chi connectivity index (χ1n) is 12.7. The van der Waals surface area contributed by atoms with Gasteiger partial charge in [0.15, 0.2) is 0 Å². The van der Waals surface area contributed by atoms with Crippen LogP contribution in [0.5, 0.6) is 5.75 Å². The molecule has 192 valence electrons. The van der Waals surface area contributed by atoms with Gasteiger partial charge in [0.25, 0.3) is 11.7 Å². The van der Waals surface area contributed by atoms with Crippen molar-refractivity contribution in [3.05, 3.63) is 95.1 Å². The van der Waals surface area contributed by atoms with Crippen molar-refractivity contribution in [1.29, 1.82) is 0 Å². The SMILES string of the molecule is CCN(CC)c1ccc(C2/C(=C(\O)c3cccc(OC(C)C)c3)C(=O)C(=O)N2c2cccc(C)c2)cc1. The van der Waals surface area contributed by atoms with Crippen LogP contribution in [-0.4, -0.2) is 36.0 Å². The van der Waals surface area contributed by atoms with Gasteiger partial charge in [-0.05, 0) is 82.1 Å². The Balaban J connectivity index is 1.88. The van der Waals surface area contributed by atoms with Gasteiger partial charge in [0.05, 0.1) is 17.7 Å². The van der Waals surface area contributed by atoms with Crippen LogP contribution in [0.1, 0.15) is 50.4 Å². The second-order valence-electron chi connectivity index (χ2n) is 9.47. The Hall–Kier alpha value is -4.06. The molecule has 1 saturated heterocycles. The van der Waals surface area contributed by atoms with Gasteiger partial charge in [-0.15, -0.1) is 0 Å². The molecule has 4 rings (SSSR count). The molecule has 0 saturated carbocycles. The van der Waals surface area contributed by atoms with Crippen molar-refractivity contribution in [2.24, 2.45) is 0 Å². The van der Waals surface area contributed by atoms with Crippen molar-refractivity contribution in [2.45, 2.75) is 46.8 Å². The normalized spacial score (nSPS) is 16.9. The number of aliphatic hydroxyl groups is 1. The maximum atomic E-state index is 13.5. The second-order valence-corrected chi connectivity index (χ2v) is 9.47. The van der Waals surface area contributed by atoms with E-state index in [1.807, 2.05) is 69.3 Å². The number of carbonyl (C=O) groups excluding carboxylic acids is 2. The molecule has 1 amide bonds. The van der Waals surface area contributed by atoms with Crippen LogP contribution in [0.4, 0.5) is 11.4 Å². The Morgan fingerprint density at radius 1 is 0.973 bits per heavy atom. The van der Waals surface area contributed by atoms with E-state index in [0.717, 1.165) is 29.9 Å². The molecule has 0 aliphatic carbocycles. The van der Waals surface area contributed by atoms with Crippen molar-refractivity contribution in [1.82, 2.24) is 0 Å². The Bertz CT molecular complexity index is 1320. The maximum absolute atomic E-state index is 13.5. The summed E-state index contributed by atoms with van der Waals surface area (Å²) in [5.41, 5.74) is 3.85. The molecule has 1 aliphatic heterocycles. The summed E-state index contributed by atoms with van der Waals surface area (Å²) in [4.78, 5) is 30.6. The van der Waals surface area contributed by atoms with Crippen LogP contribution >= 0.6 is 0 Å². The number of rotatable bonds is 8. The standard InChI is InChI=1S/C31H34N2O4/c1-6-32(7-2)24-16-14-22(15-17-24)28-27(29(34)23-11-9-13-26(19-23)37-20(3)4)30(35)31(36)33(28)25-12-8-10-21(5)18-25/h8-20,28,34H,6-7H2,1-5H3/b29-27+. The van der Waals surface area contributed by atoms with E-state index in [-0.39, 0.29) is 17.4 Å². The lowest BCUT2D eigenvalue weighted by Crippen LogP contribution is -2.29. The summed E-state index contributed by atoms with van der Waals surface area (Å²) in [7, 11) is 0. The molecule has 37 heavy (non-hydrogen) atoms. The number of ketones is 1. The topological polar surface area (TPSA) is 70.1 Å². The smallest absolute Gasteiger partial charge is 0.300 e. The number of hydrogen-bond acceptors (Lipinski definition) is 5. The van der Waals surface area contributed by atoms with Crippen LogP contribution in [0.25, 0.3) is 5.76 Å². The molecule has 1 unspecified atom stereocenters. The summed E-state index contributed by atoms with van der Waals surface area (Å²) in [6.45, 7) is 11.7. The van der Waals surface area contributed by atoms with Crippen molar-refractivity contribution in [2.75, 3.05) is 22.9 Å². The number of amides is 1. The van der Waals surface area contributed by atoms with Gasteiger partial charge >= 0.3 is 0 Å². The lowest BCUT2D eigenvalue weighted by molar-refractivity contribution is -0.132. The molecule has 1 heterocycles. The Morgan fingerprint density at radius 2 is 1.65 bits per heavy atom. The van der Waals surface area contributed by atoms with Crippen LogP contribution in [0.3, 0.4) is 0 Å². The first kappa shape index (κ1) is 26.0. The predicted octanol–water partition coefficient (Wildman–Crippen LogP) is 6.25. The number of hydrogen-bond donors (Lipinski definition) is 1. The first-order valence-corrected chi connectivity index (χ1v) is 12.7. The number of carbonyl (C=O) groups is 2. The third-order valence-electron chi connectivity index (χ3n) is 6.54. The zero-order chi connectivity index (χ0) is 26.7. The minimum absolute atomic E-state index is 0.0476. The summed E-state index contributed by atoms with van der Waals surface area (Å²) in [5, 5.41) is 11.5. The molecule has 1 N–H and O–H groups in total. The van der Waals surface area contributed by atoms with E-state index >= 15 is 0 Å². The van der Waals surface area contributed by atoms with Gasteiger partial charge in [0.1, 0.15) is 11.5 Å². The van der Waals surface area contributed by atoms with Crippen LogP contribution in [0, 0.1) is 6.92 Å². The van der Waals surface area contributed by atoms with Crippen LogP contribution in [-0.2, 0) is 9.59 Å². The van der Waals surface area contributed by atoms with E-state index in [2.05, 4.69) is 18.7 Å². The molecular weight excluding hydrogens is 464 g/mol. The lowest BCUT2D eigenvalue weighted by atomic mass is 9.94. The van der Waals surface area contributed by atoms with Crippen LogP contribution in [0.2, 0.25) is 0 Å². The average Bonchev–Trinajstić information content (AvgIpc) is 3.15. The van der Waals surface area contributed by atoms with Gasteiger partial charge in [0, 0.05) is 30.0 Å². The molecule has 1 aliphatic rings. The lowest BCUT2D eigenvalue weighted by Gasteiger charge is -2.27. The highest BCUT2D eigenvalue weighted by atomic mass is 16.5. The van der Waals surface area contributed by atoms with E-state index < -0.39 is 17.7 Å². The molecular formula is C31H34N2O4. The minimum atomic E-state index is -0.776. The summed E-state index contributed by atoms with van der Waals surface area (Å²) >= 11 is 0. The molecule has 3 aromatic rings. The van der Waals surface area contributed by atoms with E-state index in [0.29, 0.717) is 17.0 Å². The molecule has 0 spiro atoms. The largest absolute Gasteiger partial charge is 0.507 e. The van der Waals surface area contributed by atoms with Gasteiger partial charge in [-0.2, -0.15) is 0 Å². The molecule has 0 aromatic heterocycles. The van der Waals surface area contributed by atoms with Crippen molar-refractivity contribution in [3.8, 4) is 5.75 Å². The maximum Gasteiger partial charge on any atom is 0.300 e. The van der Waals surface area contributed by atoms with E-state index in [9.17, 15) is 14.7 Å². The molecule has 3 aromatic carbocycles. The highest BCUT2D eigenvalue weighted by Crippen LogP contribution is 2.43. The molecule has 0 radical (unpaired) electrons. The Kier molecular flexibility index (Phi) is 7.67. The van der Waals surface area contributed by atoms with Gasteiger partial charge < -0.3 is 14.7 Å². The summed E-state index contributed by atoms with van der Waals surface area (Å²) in [6.07, 6.45) is -0.0476. The molecule has 1 fully saturated rings. The first-order chi connectivity index (χ1) is 17.7. The number of ether oxygens (including phenoxy) is 1. The second kappa shape index (κ2) is 10.9. The third kappa shape index (κ3) is 5.24. The number of anilines is 2. The van der Waals surface area contributed by atoms with E-state index in [1.54, 1.807) is 24.3 Å². The fraction of sp³-hybridized carbons (Fsp3) is 0.290. The van der Waals surface area contributed by atoms with E-state index in [4.69, 9.17) is 4.74 Å². The number of Topliss-reactive ketones (excluding diaryl/α,β-unsaturated/α-hetero) is 1. The number of nitrogens with zero attached hydrogens (tertiary/aromatic N) is 2. The highest BCUT2D eigenvalue weighted by Gasteiger charge is 2.47. The molecule has 0 bridgehead atoms. The van der Waals surface area contributed by atoms with E-state index in [1.165, 1.54) is 4.90 Å². The Labute approximate surface area is 218 Å². The monoisotopic (exact) mass is 498 g/mol. The van der Waals surface area contributed by atoms with Gasteiger partial charge in [-0.1, -0.05) is 36.4 Å². The fourth-order valence-corrected chi connectivity index (χ4v) is 4.79. The number of aryl methyl sites for hydroxylation is 1. The number of benzene rings is 3. The van der Waals surface area contributed by atoms with Crippen LogP contribution < -0.4 is 14.5 Å². The minimum Gasteiger partial charge on any atom is -0.507 e. The van der Waals surface area contributed by atoms with Gasteiger partial charge in [0.2, 0.25) is 0 Å². The zero-order valence-electron chi connectivity index (χ0n) is 22.1. The van der Waals surface area contributed by atoms with Crippen molar-refractivity contribution < 1.29 is 19.4 Å². The predicted molar refractivity (Wildman–Crippen MR) is 148 cm³/mol. The summed E-state index contributed by atoms with van der Waals surface area (Å²) in [6, 6.07) is 21.5. The Morgan fingerprint density at radius 3 is 2.27 bits per heavy atom. The molecule has 6 heteroatoms. The van der Waals surface area contributed by atoms with Gasteiger partial charge in [-0.25, -0.2) is 0 Å². The molecule has 6 nitrogen and oxygen atoms in total. The third-order valence-corrected chi connectivity index (χ3v) is 6.54. The fourth-order valence-electron chi connectivity index (χ4n) is 4.79. The zero-order valence-corrected chi connectivity index (χ0v) is 22.1. The summed E-state index contributed by atoms with van der Waals surface area (Å²) in [5.74, 6) is -1.03. The highest BCUT2D eigenvalue weighted by molar-refractivity contribution is 6.51. The van der Waals surface area contributed by atoms with Crippen molar-refractivity contribution in [3.63, 3.8) is 0 Å². The van der Waals surface area contributed by atoms with Crippen LogP contribution in [0.15, 0.2) is 78.4 Å². The average molecular weight is 499 g/mol. The van der Waals surface area contributed by atoms with Gasteiger partial charge in [-0.3, -0.25) is 14.5 Å².